The third kappa shape index (κ3) is 5.07. The summed E-state index contributed by atoms with van der Waals surface area (Å²) >= 11 is 1.58. The number of aromatic nitrogens is 2. The fourth-order valence-corrected chi connectivity index (χ4v) is 4.77. The molecule has 4 heterocycles. The van der Waals surface area contributed by atoms with E-state index in [1.165, 1.54) is 0 Å². The van der Waals surface area contributed by atoms with E-state index in [1.54, 1.807) is 22.4 Å². The Balaban J connectivity index is 1.42. The molecule has 1 saturated heterocycles. The summed E-state index contributed by atoms with van der Waals surface area (Å²) in [6.07, 6.45) is 5.70. The Morgan fingerprint density at radius 3 is 2.97 bits per heavy atom. The monoisotopic (exact) mass is 440 g/mol. The lowest BCUT2D eigenvalue weighted by Crippen LogP contribution is -2.50. The first kappa shape index (κ1) is 21.4. The van der Waals surface area contributed by atoms with Crippen LogP contribution in [-0.2, 0) is 11.2 Å². The largest absolute Gasteiger partial charge is 0.444 e. The highest BCUT2D eigenvalue weighted by Gasteiger charge is 2.29. The number of nitrogens with zero attached hydrogens (tertiary/aromatic N) is 2. The van der Waals surface area contributed by atoms with E-state index in [9.17, 15) is 9.59 Å². The quantitative estimate of drug-likeness (QED) is 0.632. The van der Waals surface area contributed by atoms with Crippen molar-refractivity contribution in [1.29, 1.82) is 0 Å². The number of ether oxygens (including phenoxy) is 1. The minimum absolute atomic E-state index is 0.0844. The molecule has 1 unspecified atom stereocenters. The van der Waals surface area contributed by atoms with Gasteiger partial charge in [-0.1, -0.05) is 0 Å². The molecule has 3 aromatic heterocycles. The zero-order valence-corrected chi connectivity index (χ0v) is 18.9. The average molecular weight is 441 g/mol. The van der Waals surface area contributed by atoms with Crippen molar-refractivity contribution in [3.63, 3.8) is 0 Å². The molecule has 2 N–H and O–H groups in total. The van der Waals surface area contributed by atoms with Crippen LogP contribution < -0.4 is 5.32 Å². The van der Waals surface area contributed by atoms with Gasteiger partial charge in [0, 0.05) is 48.2 Å². The Labute approximate surface area is 185 Å². The maximum atomic E-state index is 13.0. The van der Waals surface area contributed by atoms with Gasteiger partial charge in [0.25, 0.3) is 5.91 Å². The molecule has 164 valence electrons. The summed E-state index contributed by atoms with van der Waals surface area (Å²) in [5, 5.41) is 6.15. The van der Waals surface area contributed by atoms with Gasteiger partial charge in [-0.15, -0.1) is 11.3 Å². The van der Waals surface area contributed by atoms with Crippen molar-refractivity contribution in [1.82, 2.24) is 20.2 Å². The minimum Gasteiger partial charge on any atom is -0.444 e. The summed E-state index contributed by atoms with van der Waals surface area (Å²) in [6.45, 7) is 6.69. The molecule has 8 heteroatoms. The lowest BCUT2D eigenvalue weighted by atomic mass is 10.0. The molecule has 0 radical (unpaired) electrons. The van der Waals surface area contributed by atoms with Gasteiger partial charge < -0.3 is 19.9 Å². The Hall–Kier alpha value is -2.87. The highest BCUT2D eigenvalue weighted by molar-refractivity contribution is 7.10. The van der Waals surface area contributed by atoms with Crippen LogP contribution in [0.4, 0.5) is 4.79 Å². The number of aromatic amines is 1. The van der Waals surface area contributed by atoms with Gasteiger partial charge in [-0.25, -0.2) is 9.78 Å². The molecule has 0 spiro atoms. The summed E-state index contributed by atoms with van der Waals surface area (Å²) in [4.78, 5) is 35.6. The highest BCUT2D eigenvalue weighted by Crippen LogP contribution is 2.25. The number of piperidine rings is 1. The van der Waals surface area contributed by atoms with Crippen LogP contribution in [0.3, 0.4) is 0 Å². The number of pyridine rings is 1. The van der Waals surface area contributed by atoms with Crippen molar-refractivity contribution in [3.05, 3.63) is 52.0 Å². The van der Waals surface area contributed by atoms with Gasteiger partial charge in [0.05, 0.1) is 5.56 Å². The van der Waals surface area contributed by atoms with Gasteiger partial charge in [0.1, 0.15) is 11.2 Å². The second kappa shape index (κ2) is 8.70. The topological polar surface area (TPSA) is 87.3 Å². The fraction of sp³-hybridized carbons (Fsp3) is 0.435. The van der Waals surface area contributed by atoms with Crippen LogP contribution in [0.15, 0.2) is 36.0 Å². The number of likely N-dealkylation sites (tertiary alicyclic amines) is 1. The van der Waals surface area contributed by atoms with Crippen LogP contribution >= 0.6 is 11.3 Å². The lowest BCUT2D eigenvalue weighted by Gasteiger charge is -2.34. The molecular formula is C23H28N4O3S. The van der Waals surface area contributed by atoms with Crippen LogP contribution in [0.2, 0.25) is 0 Å². The lowest BCUT2D eigenvalue weighted by molar-refractivity contribution is 0.0185. The predicted molar refractivity (Wildman–Crippen MR) is 122 cm³/mol. The van der Waals surface area contributed by atoms with Crippen LogP contribution in [0.5, 0.6) is 0 Å². The van der Waals surface area contributed by atoms with Gasteiger partial charge >= 0.3 is 6.09 Å². The number of carbonyl (C=O) groups is 2. The van der Waals surface area contributed by atoms with E-state index in [2.05, 4.69) is 15.3 Å². The number of H-pyrrole nitrogens is 1. The summed E-state index contributed by atoms with van der Waals surface area (Å²) in [6, 6.07) is 5.80. The predicted octanol–water partition coefficient (Wildman–Crippen LogP) is 4.34. The van der Waals surface area contributed by atoms with Crippen LogP contribution in [0.25, 0.3) is 11.0 Å². The molecule has 2 amide bonds. The molecule has 0 saturated carbocycles. The Morgan fingerprint density at radius 1 is 1.32 bits per heavy atom. The van der Waals surface area contributed by atoms with E-state index in [4.69, 9.17) is 4.74 Å². The normalized spacial score (nSPS) is 17.0. The van der Waals surface area contributed by atoms with Crippen LogP contribution in [-0.4, -0.2) is 51.6 Å². The third-order valence-corrected chi connectivity index (χ3v) is 6.22. The Bertz CT molecular complexity index is 1080. The summed E-state index contributed by atoms with van der Waals surface area (Å²) in [5.74, 6) is -0.0911. The number of thiophene rings is 1. The zero-order chi connectivity index (χ0) is 22.0. The van der Waals surface area contributed by atoms with Crippen molar-refractivity contribution in [2.24, 2.45) is 0 Å². The van der Waals surface area contributed by atoms with Crippen LogP contribution in [0, 0.1) is 0 Å². The first-order chi connectivity index (χ1) is 14.8. The van der Waals surface area contributed by atoms with E-state index < -0.39 is 5.60 Å². The van der Waals surface area contributed by atoms with Gasteiger partial charge in [0.2, 0.25) is 0 Å². The second-order valence-electron chi connectivity index (χ2n) is 8.88. The standard InChI is InChI=1S/C23H28N4O3S/c1-23(2,3)30-22(29)27-11-4-5-16(14-27)26-21(28)18-8-12-31-19(18)13-15-6-9-24-20-17(15)7-10-25-20/h6-10,12,16H,4-5,11,13-14H2,1-3H3,(H,24,25)(H,26,28). The maximum absolute atomic E-state index is 13.0. The molecular weight excluding hydrogens is 412 g/mol. The average Bonchev–Trinajstić information content (AvgIpc) is 3.36. The van der Waals surface area contributed by atoms with Crippen molar-refractivity contribution >= 4 is 34.4 Å². The van der Waals surface area contributed by atoms with Crippen molar-refractivity contribution < 1.29 is 14.3 Å². The molecule has 0 aromatic carbocycles. The second-order valence-corrected chi connectivity index (χ2v) is 9.88. The first-order valence-electron chi connectivity index (χ1n) is 10.6. The van der Waals surface area contributed by atoms with E-state index >= 15 is 0 Å². The van der Waals surface area contributed by atoms with Crippen molar-refractivity contribution in [2.75, 3.05) is 13.1 Å². The fourth-order valence-electron chi connectivity index (χ4n) is 3.88. The molecule has 1 aliphatic rings. The molecule has 0 bridgehead atoms. The number of amides is 2. The van der Waals surface area contributed by atoms with Gasteiger partial charge in [-0.3, -0.25) is 4.79 Å². The maximum Gasteiger partial charge on any atom is 0.410 e. The first-order valence-corrected chi connectivity index (χ1v) is 11.4. The van der Waals surface area contributed by atoms with E-state index in [0.717, 1.165) is 34.3 Å². The van der Waals surface area contributed by atoms with Crippen LogP contribution in [0.1, 0.15) is 54.4 Å². The molecule has 3 aromatic rings. The smallest absolute Gasteiger partial charge is 0.410 e. The molecule has 0 aliphatic carbocycles. The molecule has 7 nitrogen and oxygen atoms in total. The summed E-state index contributed by atoms with van der Waals surface area (Å²) < 4.78 is 5.49. The number of hydrogen-bond donors (Lipinski definition) is 2. The van der Waals surface area contributed by atoms with Gasteiger partial charge in [-0.2, -0.15) is 0 Å². The number of fused-ring (bicyclic) bond motifs is 1. The number of hydrogen-bond acceptors (Lipinski definition) is 5. The Kier molecular flexibility index (Phi) is 6.00. The van der Waals surface area contributed by atoms with Crippen molar-refractivity contribution in [3.8, 4) is 0 Å². The van der Waals surface area contributed by atoms with E-state index in [0.29, 0.717) is 25.1 Å². The van der Waals surface area contributed by atoms with Gasteiger partial charge in [-0.05, 0) is 62.8 Å². The van der Waals surface area contributed by atoms with Gasteiger partial charge in [0.15, 0.2) is 0 Å². The zero-order valence-electron chi connectivity index (χ0n) is 18.1. The summed E-state index contributed by atoms with van der Waals surface area (Å²) in [5.41, 5.74) is 2.15. The molecule has 4 rings (SSSR count). The Morgan fingerprint density at radius 2 is 2.16 bits per heavy atom. The summed E-state index contributed by atoms with van der Waals surface area (Å²) in [7, 11) is 0. The molecule has 1 aliphatic heterocycles. The van der Waals surface area contributed by atoms with E-state index in [-0.39, 0.29) is 18.0 Å². The number of rotatable bonds is 4. The molecule has 1 fully saturated rings. The molecule has 1 atom stereocenters. The third-order valence-electron chi connectivity index (χ3n) is 5.30. The number of nitrogens with one attached hydrogen (secondary N) is 2. The van der Waals surface area contributed by atoms with E-state index in [1.807, 2.05) is 50.5 Å². The number of carbonyl (C=O) groups excluding carboxylic acids is 2. The SMILES string of the molecule is CC(C)(C)OC(=O)N1CCCC(NC(=O)c2ccsc2Cc2ccnc3[nH]ccc23)C1. The van der Waals surface area contributed by atoms with Crippen molar-refractivity contribution in [2.45, 2.75) is 51.7 Å². The highest BCUT2D eigenvalue weighted by atomic mass is 32.1. The molecule has 31 heavy (non-hydrogen) atoms. The minimum atomic E-state index is -0.531.